The summed E-state index contributed by atoms with van der Waals surface area (Å²) in [6.45, 7) is 0. The molecule has 1 fully saturated rings. The van der Waals surface area contributed by atoms with Gasteiger partial charge in [-0.1, -0.05) is 36.4 Å². The maximum absolute atomic E-state index is 12.8. The summed E-state index contributed by atoms with van der Waals surface area (Å²) < 4.78 is 38.3. The van der Waals surface area contributed by atoms with E-state index < -0.39 is 18.2 Å². The summed E-state index contributed by atoms with van der Waals surface area (Å²) in [4.78, 5) is 0. The minimum Gasteiger partial charge on any atom is -0.508 e. The number of hydrogen-bond acceptors (Lipinski definition) is 2. The summed E-state index contributed by atoms with van der Waals surface area (Å²) in [5.74, 6) is 0.362. The van der Waals surface area contributed by atoms with Gasteiger partial charge < -0.3 is 10.2 Å². The number of benzene rings is 2. The third-order valence-corrected chi connectivity index (χ3v) is 7.07. The third-order valence-electron chi connectivity index (χ3n) is 7.07. The molecule has 0 aromatic heterocycles. The lowest BCUT2D eigenvalue weighted by atomic mass is 9.52. The van der Waals surface area contributed by atoms with Crippen LogP contribution in [0.2, 0.25) is 0 Å². The van der Waals surface area contributed by atoms with E-state index in [4.69, 9.17) is 0 Å². The Balaban J connectivity index is 1.68. The van der Waals surface area contributed by atoms with Crippen molar-refractivity contribution in [2.45, 2.75) is 68.6 Å². The van der Waals surface area contributed by atoms with Crippen LogP contribution in [0.5, 0.6) is 5.75 Å². The quantitative estimate of drug-likeness (QED) is 0.687. The number of phenols is 1. The molecule has 29 heavy (non-hydrogen) atoms. The molecule has 0 bridgehead atoms. The highest BCUT2D eigenvalue weighted by molar-refractivity contribution is 5.44. The molecule has 0 heterocycles. The SMILES string of the molecule is Oc1ccc2c(c1)CCC1CC(O)(CCC(F)(F)F)CCC21Cc1ccccc1. The second-order valence-corrected chi connectivity index (χ2v) is 8.94. The fourth-order valence-electron chi connectivity index (χ4n) is 5.64. The maximum atomic E-state index is 12.8. The molecule has 5 heteroatoms. The lowest BCUT2D eigenvalue weighted by Gasteiger charge is -2.53. The van der Waals surface area contributed by atoms with Gasteiger partial charge in [-0.3, -0.25) is 0 Å². The highest BCUT2D eigenvalue weighted by Gasteiger charge is 2.52. The van der Waals surface area contributed by atoms with E-state index in [0.717, 1.165) is 24.8 Å². The number of alkyl halides is 3. The van der Waals surface area contributed by atoms with Crippen LogP contribution in [-0.2, 0) is 18.3 Å². The molecule has 4 rings (SSSR count). The van der Waals surface area contributed by atoms with E-state index >= 15 is 0 Å². The lowest BCUT2D eigenvalue weighted by molar-refractivity contribution is -0.153. The van der Waals surface area contributed by atoms with Gasteiger partial charge in [-0.2, -0.15) is 13.2 Å². The monoisotopic (exact) mass is 404 g/mol. The van der Waals surface area contributed by atoms with Crippen molar-refractivity contribution in [2.24, 2.45) is 5.92 Å². The molecular weight excluding hydrogens is 377 g/mol. The first kappa shape index (κ1) is 20.3. The molecule has 3 unspecified atom stereocenters. The number of hydrogen-bond donors (Lipinski definition) is 2. The van der Waals surface area contributed by atoms with Crippen molar-refractivity contribution in [2.75, 3.05) is 0 Å². The van der Waals surface area contributed by atoms with Gasteiger partial charge in [0.1, 0.15) is 5.75 Å². The van der Waals surface area contributed by atoms with Gasteiger partial charge in [0.15, 0.2) is 0 Å². The Bertz CT molecular complexity index is 864. The minimum atomic E-state index is -4.25. The standard InChI is InChI=1S/C24H27F3O2/c25-24(26,27)13-11-22(29)10-12-23(15-17-4-2-1-3-5-17)19(16-22)7-6-18-14-20(28)8-9-21(18)23/h1-5,8-9,14,19,28-29H,6-7,10-13,15-16H2. The third kappa shape index (κ3) is 4.16. The molecule has 1 saturated carbocycles. The predicted octanol–water partition coefficient (Wildman–Crippen LogP) is 5.69. The highest BCUT2D eigenvalue weighted by atomic mass is 19.4. The lowest BCUT2D eigenvalue weighted by Crippen LogP contribution is -2.51. The molecule has 2 aliphatic rings. The van der Waals surface area contributed by atoms with Gasteiger partial charge in [0.25, 0.3) is 0 Å². The van der Waals surface area contributed by atoms with E-state index in [2.05, 4.69) is 12.1 Å². The van der Waals surface area contributed by atoms with Crippen LogP contribution in [0.25, 0.3) is 0 Å². The second kappa shape index (κ2) is 7.35. The maximum Gasteiger partial charge on any atom is 0.389 e. The van der Waals surface area contributed by atoms with Crippen LogP contribution < -0.4 is 0 Å². The average Bonchev–Trinajstić information content (AvgIpc) is 2.67. The number of aryl methyl sites for hydroxylation is 1. The van der Waals surface area contributed by atoms with E-state index in [0.29, 0.717) is 19.3 Å². The van der Waals surface area contributed by atoms with Crippen molar-refractivity contribution in [3.05, 3.63) is 65.2 Å². The fourth-order valence-corrected chi connectivity index (χ4v) is 5.64. The average molecular weight is 404 g/mol. The zero-order chi connectivity index (χ0) is 20.7. The van der Waals surface area contributed by atoms with Crippen molar-refractivity contribution < 1.29 is 23.4 Å². The largest absolute Gasteiger partial charge is 0.508 e. The Morgan fingerprint density at radius 1 is 1.03 bits per heavy atom. The van der Waals surface area contributed by atoms with Gasteiger partial charge in [-0.05, 0) is 79.7 Å². The molecule has 2 aliphatic carbocycles. The Morgan fingerprint density at radius 3 is 2.52 bits per heavy atom. The zero-order valence-corrected chi connectivity index (χ0v) is 16.4. The summed E-state index contributed by atoms with van der Waals surface area (Å²) in [5.41, 5.74) is 2.03. The molecule has 0 aliphatic heterocycles. The topological polar surface area (TPSA) is 40.5 Å². The van der Waals surface area contributed by atoms with E-state index in [1.807, 2.05) is 30.3 Å². The van der Waals surface area contributed by atoms with Crippen LogP contribution in [-0.4, -0.2) is 22.0 Å². The Morgan fingerprint density at radius 2 is 1.79 bits per heavy atom. The smallest absolute Gasteiger partial charge is 0.389 e. The van der Waals surface area contributed by atoms with Crippen LogP contribution in [0.4, 0.5) is 13.2 Å². The van der Waals surface area contributed by atoms with Crippen molar-refractivity contribution in [1.29, 1.82) is 0 Å². The fraction of sp³-hybridized carbons (Fsp3) is 0.500. The molecule has 2 aromatic rings. The van der Waals surface area contributed by atoms with Crippen molar-refractivity contribution >= 4 is 0 Å². The summed E-state index contributed by atoms with van der Waals surface area (Å²) in [5, 5.41) is 20.9. The first-order chi connectivity index (χ1) is 13.7. The molecule has 2 N–H and O–H groups in total. The number of halogens is 3. The number of phenolic OH excluding ortho intramolecular Hbond substituents is 1. The zero-order valence-electron chi connectivity index (χ0n) is 16.4. The summed E-state index contributed by atoms with van der Waals surface area (Å²) >= 11 is 0. The predicted molar refractivity (Wildman–Crippen MR) is 106 cm³/mol. The molecule has 0 amide bonds. The van der Waals surface area contributed by atoms with E-state index in [9.17, 15) is 23.4 Å². The van der Waals surface area contributed by atoms with Crippen molar-refractivity contribution in [1.82, 2.24) is 0 Å². The van der Waals surface area contributed by atoms with Gasteiger partial charge in [-0.25, -0.2) is 0 Å². The van der Waals surface area contributed by atoms with Crippen molar-refractivity contribution in [3.63, 3.8) is 0 Å². The summed E-state index contributed by atoms with van der Waals surface area (Å²) in [7, 11) is 0. The number of rotatable bonds is 4. The summed E-state index contributed by atoms with van der Waals surface area (Å²) in [6, 6.07) is 15.7. The molecule has 0 saturated heterocycles. The molecule has 156 valence electrons. The van der Waals surface area contributed by atoms with Crippen LogP contribution in [0.15, 0.2) is 48.5 Å². The van der Waals surface area contributed by atoms with E-state index in [-0.39, 0.29) is 23.5 Å². The number of aromatic hydroxyl groups is 1. The van der Waals surface area contributed by atoms with Crippen LogP contribution in [0.3, 0.4) is 0 Å². The molecule has 3 atom stereocenters. The molecular formula is C24H27F3O2. The Labute approximate surface area is 169 Å². The molecule has 0 radical (unpaired) electrons. The molecule has 2 aromatic carbocycles. The molecule has 2 nitrogen and oxygen atoms in total. The van der Waals surface area contributed by atoms with Gasteiger partial charge in [0.05, 0.1) is 5.60 Å². The van der Waals surface area contributed by atoms with Gasteiger partial charge in [0, 0.05) is 11.8 Å². The van der Waals surface area contributed by atoms with E-state index in [1.54, 1.807) is 6.07 Å². The Hall–Kier alpha value is -2.01. The first-order valence-electron chi connectivity index (χ1n) is 10.3. The number of fused-ring (bicyclic) bond motifs is 3. The first-order valence-corrected chi connectivity index (χ1v) is 10.3. The normalized spacial score (nSPS) is 29.2. The van der Waals surface area contributed by atoms with Gasteiger partial charge >= 0.3 is 6.18 Å². The van der Waals surface area contributed by atoms with E-state index in [1.165, 1.54) is 11.1 Å². The van der Waals surface area contributed by atoms with Crippen molar-refractivity contribution in [3.8, 4) is 5.75 Å². The second-order valence-electron chi connectivity index (χ2n) is 8.94. The molecule has 0 spiro atoms. The summed E-state index contributed by atoms with van der Waals surface area (Å²) in [6.07, 6.45) is -1.60. The van der Waals surface area contributed by atoms with Crippen LogP contribution in [0, 0.1) is 5.92 Å². The van der Waals surface area contributed by atoms with Gasteiger partial charge in [0.2, 0.25) is 0 Å². The highest BCUT2D eigenvalue weighted by Crippen LogP contribution is 2.55. The number of aliphatic hydroxyl groups is 1. The van der Waals surface area contributed by atoms with Gasteiger partial charge in [-0.15, -0.1) is 0 Å². The minimum absolute atomic E-state index is 0.117. The van der Waals surface area contributed by atoms with Crippen LogP contribution in [0.1, 0.15) is 55.2 Å². The Kier molecular flexibility index (Phi) is 5.14. The van der Waals surface area contributed by atoms with Crippen LogP contribution >= 0.6 is 0 Å².